The van der Waals surface area contributed by atoms with Crippen molar-refractivity contribution in [2.24, 2.45) is 0 Å². The van der Waals surface area contributed by atoms with Gasteiger partial charge in [0.1, 0.15) is 34.5 Å². The number of aromatic hydroxyl groups is 5. The van der Waals surface area contributed by atoms with Crippen molar-refractivity contribution in [1.29, 1.82) is 0 Å². The van der Waals surface area contributed by atoms with Crippen molar-refractivity contribution in [2.45, 2.75) is 208 Å². The highest BCUT2D eigenvalue weighted by Gasteiger charge is 2.30. The lowest BCUT2D eigenvalue weighted by molar-refractivity contribution is -0.137. The molecule has 0 radical (unpaired) electrons. The zero-order chi connectivity index (χ0) is 58.0. The van der Waals surface area contributed by atoms with Crippen LogP contribution in [0.4, 0.5) is 0 Å². The molecule has 0 saturated carbocycles. The Hall–Kier alpha value is -6.41. The second-order valence-electron chi connectivity index (χ2n) is 28.7. The summed E-state index contributed by atoms with van der Waals surface area (Å²) >= 11 is 0. The first-order valence-corrected chi connectivity index (χ1v) is 28.1. The predicted octanol–water partition coefficient (Wildman–Crippen LogP) is 16.1. The molecule has 0 saturated heterocycles. The van der Waals surface area contributed by atoms with Crippen LogP contribution in [-0.2, 0) is 75.8 Å². The topological polar surface area (TPSA) is 148 Å². The molecular formula is C70H90O8. The summed E-state index contributed by atoms with van der Waals surface area (Å²) in [5, 5.41) is 72.8. The lowest BCUT2D eigenvalue weighted by atomic mass is 9.79. The number of carbonyl (C=O) groups is 1. The van der Waals surface area contributed by atoms with Crippen molar-refractivity contribution < 1.29 is 40.2 Å². The number of rotatable bonds is 5. The maximum Gasteiger partial charge on any atom is 0.303 e. The largest absolute Gasteiger partial charge is 0.507 e. The van der Waals surface area contributed by atoms with Gasteiger partial charge in [-0.05, 0) is 139 Å². The fourth-order valence-electron chi connectivity index (χ4n) is 10.6. The van der Waals surface area contributed by atoms with E-state index in [0.717, 1.165) is 44.5 Å². The van der Waals surface area contributed by atoms with Crippen LogP contribution in [0.5, 0.6) is 34.5 Å². The van der Waals surface area contributed by atoms with Gasteiger partial charge < -0.3 is 35.4 Å². The molecule has 1 aliphatic carbocycles. The van der Waals surface area contributed by atoms with Gasteiger partial charge in [0.25, 0.3) is 0 Å². The minimum atomic E-state index is -0.911. The Morgan fingerprint density at radius 2 is 0.500 bits per heavy atom. The van der Waals surface area contributed by atoms with Crippen LogP contribution in [-0.4, -0.2) is 43.2 Å². The first-order chi connectivity index (χ1) is 35.8. The number of hydrogen-bond acceptors (Lipinski definition) is 7. The van der Waals surface area contributed by atoms with Gasteiger partial charge in [-0.15, -0.1) is 0 Å². The van der Waals surface area contributed by atoms with Crippen molar-refractivity contribution in [3.63, 3.8) is 0 Å². The first-order valence-electron chi connectivity index (χ1n) is 28.1. The van der Waals surface area contributed by atoms with Crippen LogP contribution in [0.3, 0.4) is 0 Å². The molecule has 0 fully saturated rings. The van der Waals surface area contributed by atoms with E-state index in [9.17, 15) is 35.4 Å². The molecule has 0 spiro atoms. The molecule has 0 aliphatic heterocycles. The molecule has 418 valence electrons. The standard InChI is InChI=1S/C70H90O8/c1-65(2,3)52-28-40-22-42-30-53(66(4,5)6)32-44(60(42)74)24-46-34-55(68(10,11)12)36-48(62(46)76)26-50-38-57(70(16,17)18)39-51(64(50)78-21-19-20-58(71)72)27-49-37-56(69(13,14)15)35-47(63(49)77)25-45-33-54(67(7,8)9)31-43(61(45)75)23-41(29-52)59(40)73/h28-39,73-77H,19-27H2,1-18H3,(H,71,72). The summed E-state index contributed by atoms with van der Waals surface area (Å²) < 4.78 is 6.79. The smallest absolute Gasteiger partial charge is 0.303 e. The molecule has 0 unspecified atom stereocenters. The van der Waals surface area contributed by atoms with E-state index in [2.05, 4.69) is 161 Å². The summed E-state index contributed by atoms with van der Waals surface area (Å²) in [4.78, 5) is 11.8. The molecule has 0 amide bonds. The van der Waals surface area contributed by atoms with Gasteiger partial charge in [-0.3, -0.25) is 4.79 Å². The Morgan fingerprint density at radius 3 is 0.667 bits per heavy atom. The average molecular weight is 1060 g/mol. The van der Waals surface area contributed by atoms with Gasteiger partial charge in [-0.2, -0.15) is 0 Å². The van der Waals surface area contributed by atoms with Gasteiger partial charge in [0.2, 0.25) is 0 Å². The second-order valence-corrected chi connectivity index (χ2v) is 28.7. The van der Waals surface area contributed by atoms with Crippen molar-refractivity contribution in [3.8, 4) is 34.5 Å². The van der Waals surface area contributed by atoms with E-state index in [4.69, 9.17) is 4.74 Å². The van der Waals surface area contributed by atoms with Crippen LogP contribution in [0.15, 0.2) is 72.8 Å². The molecule has 6 aromatic carbocycles. The molecule has 0 heterocycles. The number of benzene rings is 6. The Morgan fingerprint density at radius 1 is 0.333 bits per heavy atom. The maximum atomic E-state index is 12.7. The normalized spacial score (nSPS) is 14.0. The molecule has 6 N–H and O–H groups in total. The number of carboxylic acid groups (broad SMARTS) is 1. The van der Waals surface area contributed by atoms with Gasteiger partial charge >= 0.3 is 5.97 Å². The Labute approximate surface area is 466 Å². The Balaban J connectivity index is 1.60. The number of phenols is 5. The van der Waals surface area contributed by atoms with E-state index < -0.39 is 5.97 Å². The van der Waals surface area contributed by atoms with E-state index in [-0.39, 0.29) is 119 Å². The Bertz CT molecular complexity index is 3070. The van der Waals surface area contributed by atoms with Crippen molar-refractivity contribution in [2.75, 3.05) is 6.61 Å². The Kier molecular flexibility index (Phi) is 16.2. The lowest BCUT2D eigenvalue weighted by Gasteiger charge is -2.27. The molecule has 8 nitrogen and oxygen atoms in total. The number of aliphatic carboxylic acids is 1. The summed E-state index contributed by atoms with van der Waals surface area (Å²) in [6.07, 6.45) is 1.62. The summed E-state index contributed by atoms with van der Waals surface area (Å²) in [5.74, 6) is 0.191. The molecule has 0 aromatic heterocycles. The predicted molar refractivity (Wildman–Crippen MR) is 318 cm³/mol. The van der Waals surface area contributed by atoms with Gasteiger partial charge in [0.05, 0.1) is 6.61 Å². The first kappa shape index (κ1) is 59.3. The van der Waals surface area contributed by atoms with Crippen molar-refractivity contribution in [3.05, 3.63) is 173 Å². The highest BCUT2D eigenvalue weighted by atomic mass is 16.5. The third-order valence-corrected chi connectivity index (χ3v) is 15.8. The summed E-state index contributed by atoms with van der Waals surface area (Å²) in [7, 11) is 0. The minimum absolute atomic E-state index is 0.0682. The van der Waals surface area contributed by atoms with Crippen LogP contribution in [0.2, 0.25) is 0 Å². The lowest BCUT2D eigenvalue weighted by Crippen LogP contribution is -2.16. The van der Waals surface area contributed by atoms with Crippen LogP contribution < -0.4 is 4.74 Å². The summed E-state index contributed by atoms with van der Waals surface area (Å²) in [6.45, 7) is 38.8. The third-order valence-electron chi connectivity index (χ3n) is 15.8. The van der Waals surface area contributed by atoms with Crippen molar-refractivity contribution >= 4 is 5.97 Å². The zero-order valence-corrected chi connectivity index (χ0v) is 50.3. The molecular weight excluding hydrogens is 969 g/mol. The fraction of sp³-hybridized carbons (Fsp3) is 0.471. The number of phenolic OH excluding ortho intramolecular Hbond substituents is 5. The summed E-state index contributed by atoms with van der Waals surface area (Å²) in [6, 6.07) is 24.8. The molecule has 1 aliphatic rings. The molecule has 12 bridgehead atoms. The molecule has 6 aromatic rings. The van der Waals surface area contributed by atoms with E-state index >= 15 is 0 Å². The van der Waals surface area contributed by atoms with E-state index in [1.54, 1.807) is 0 Å². The third kappa shape index (κ3) is 13.4. The van der Waals surface area contributed by atoms with Crippen LogP contribution in [0.25, 0.3) is 0 Å². The monoisotopic (exact) mass is 1060 g/mol. The van der Waals surface area contributed by atoms with Gasteiger partial charge in [-0.25, -0.2) is 0 Å². The maximum absolute atomic E-state index is 12.7. The van der Waals surface area contributed by atoms with Crippen LogP contribution >= 0.6 is 0 Å². The zero-order valence-electron chi connectivity index (χ0n) is 50.3. The quantitative estimate of drug-likeness (QED) is 0.0934. The SMILES string of the molecule is CC(C)(C)c1cc2c(O)c(c1)Cc1cc(C(C)(C)C)cc(c1O)Cc1cc(C(C)(C)C)cc(c1O)Cc1cc(C(C)(C)C)cc(c1OCCCC(=O)O)Cc1cc(C(C)(C)C)cc(c1O)Cc1cc(C(C)(C)C)cc(c1O)C2. The fourth-order valence-corrected chi connectivity index (χ4v) is 10.6. The van der Waals surface area contributed by atoms with Gasteiger partial charge in [-0.1, -0.05) is 197 Å². The molecule has 7 rings (SSSR count). The van der Waals surface area contributed by atoms with Gasteiger partial charge in [0, 0.05) is 44.9 Å². The minimum Gasteiger partial charge on any atom is -0.507 e. The molecule has 8 heteroatoms. The highest BCUT2D eigenvalue weighted by molar-refractivity contribution is 5.66. The number of hydrogen-bond donors (Lipinski definition) is 6. The van der Waals surface area contributed by atoms with E-state index in [1.807, 2.05) is 36.4 Å². The van der Waals surface area contributed by atoms with E-state index in [0.29, 0.717) is 61.4 Å². The van der Waals surface area contributed by atoms with Gasteiger partial charge in [0.15, 0.2) is 0 Å². The average Bonchev–Trinajstić information content (AvgIpc) is 3.29. The second kappa shape index (κ2) is 21.3. The van der Waals surface area contributed by atoms with E-state index in [1.165, 1.54) is 0 Å². The number of carboxylic acids is 1. The molecule has 0 atom stereocenters. The number of ether oxygens (including phenoxy) is 1. The number of fused-ring (bicyclic) bond motifs is 12. The summed E-state index contributed by atoms with van der Waals surface area (Å²) in [5.41, 5.74) is 12.3. The van der Waals surface area contributed by atoms with Crippen molar-refractivity contribution in [1.82, 2.24) is 0 Å². The van der Waals surface area contributed by atoms with Crippen LogP contribution in [0, 0.1) is 0 Å². The van der Waals surface area contributed by atoms with Crippen LogP contribution in [0.1, 0.15) is 238 Å². The molecule has 78 heavy (non-hydrogen) atoms. The highest BCUT2D eigenvalue weighted by Crippen LogP contribution is 2.45.